The molecular weight excluding hydrogens is 248 g/mol. The first-order chi connectivity index (χ1) is 8.26. The van der Waals surface area contributed by atoms with Crippen LogP contribution in [0.1, 0.15) is 51.9 Å². The van der Waals surface area contributed by atoms with Gasteiger partial charge in [-0.1, -0.05) is 25.7 Å². The Bertz CT molecular complexity index is 224. The van der Waals surface area contributed by atoms with Crippen LogP contribution in [0.25, 0.3) is 0 Å². The van der Waals surface area contributed by atoms with Gasteiger partial charge in [0.05, 0.1) is 6.10 Å². The Morgan fingerprint density at radius 3 is 2.47 bits per heavy atom. The highest BCUT2D eigenvalue weighted by Gasteiger charge is 2.33. The lowest BCUT2D eigenvalue weighted by molar-refractivity contribution is 0.127. The van der Waals surface area contributed by atoms with Gasteiger partial charge in [0.15, 0.2) is 0 Å². The third-order valence-electron chi connectivity index (χ3n) is 4.41. The molecule has 3 heteroatoms. The van der Waals surface area contributed by atoms with Crippen LogP contribution < -0.4 is 0 Å². The Labute approximate surface area is 116 Å². The molecule has 1 aliphatic carbocycles. The third kappa shape index (κ3) is 3.81. The first kappa shape index (κ1) is 14.1. The minimum Gasteiger partial charge on any atom is -0.377 e. The molecule has 0 N–H and O–H groups in total. The van der Waals surface area contributed by atoms with Crippen molar-refractivity contribution in [3.8, 4) is 0 Å². The summed E-state index contributed by atoms with van der Waals surface area (Å²) in [7, 11) is 0. The first-order valence-corrected chi connectivity index (χ1v) is 8.78. The van der Waals surface area contributed by atoms with E-state index in [9.17, 15) is 0 Å². The second kappa shape index (κ2) is 6.72. The molecule has 2 unspecified atom stereocenters. The summed E-state index contributed by atoms with van der Waals surface area (Å²) in [5, 5.41) is 0.731. The summed E-state index contributed by atoms with van der Waals surface area (Å²) in [6, 6.07) is 0. The van der Waals surface area contributed by atoms with Crippen LogP contribution in [0.15, 0.2) is 0 Å². The van der Waals surface area contributed by atoms with Crippen LogP contribution in [-0.2, 0) is 4.74 Å². The summed E-state index contributed by atoms with van der Waals surface area (Å²) >= 11 is 6.81. The fraction of sp³-hybridized carbons (Fsp3) is 1.00. The van der Waals surface area contributed by atoms with Gasteiger partial charge in [-0.3, -0.25) is 0 Å². The highest BCUT2D eigenvalue weighted by atomic mass is 32.2. The van der Waals surface area contributed by atoms with Crippen LogP contribution in [-0.4, -0.2) is 29.5 Å². The van der Waals surface area contributed by atoms with E-state index in [1.54, 1.807) is 0 Å². The summed E-state index contributed by atoms with van der Waals surface area (Å²) in [4.78, 5) is 0. The smallest absolute Gasteiger partial charge is 0.0666 e. The van der Waals surface area contributed by atoms with E-state index in [0.717, 1.165) is 17.6 Å². The number of rotatable bonds is 4. The van der Waals surface area contributed by atoms with Gasteiger partial charge in [0.1, 0.15) is 0 Å². The molecule has 1 saturated carbocycles. The summed E-state index contributed by atoms with van der Waals surface area (Å²) in [5.74, 6) is 2.37. The maximum Gasteiger partial charge on any atom is 0.0666 e. The zero-order valence-electron chi connectivity index (χ0n) is 11.0. The fourth-order valence-corrected chi connectivity index (χ4v) is 5.19. The molecule has 100 valence electrons. The molecule has 1 nitrogen and oxygen atoms in total. The molecule has 0 spiro atoms. The van der Waals surface area contributed by atoms with Gasteiger partial charge in [0.2, 0.25) is 0 Å². The van der Waals surface area contributed by atoms with Gasteiger partial charge in [-0.05, 0) is 37.4 Å². The van der Waals surface area contributed by atoms with E-state index in [0.29, 0.717) is 11.5 Å². The Balaban J connectivity index is 1.85. The predicted molar refractivity (Wildman–Crippen MR) is 80.3 cm³/mol. The van der Waals surface area contributed by atoms with Crippen molar-refractivity contribution in [1.29, 1.82) is 0 Å². The minimum atomic E-state index is 0.461. The predicted octanol–water partition coefficient (Wildman–Crippen LogP) is 4.17. The lowest BCUT2D eigenvalue weighted by Crippen LogP contribution is -2.27. The highest BCUT2D eigenvalue weighted by Crippen LogP contribution is 2.41. The topological polar surface area (TPSA) is 9.23 Å². The van der Waals surface area contributed by atoms with Gasteiger partial charge >= 0.3 is 0 Å². The molecule has 1 heterocycles. The molecule has 2 rings (SSSR count). The fourth-order valence-electron chi connectivity index (χ4n) is 3.04. The second-order valence-electron chi connectivity index (χ2n) is 5.79. The van der Waals surface area contributed by atoms with Crippen molar-refractivity contribution in [2.45, 2.75) is 63.2 Å². The van der Waals surface area contributed by atoms with Crippen LogP contribution in [0, 0.1) is 5.41 Å². The van der Waals surface area contributed by atoms with E-state index in [1.165, 1.54) is 50.7 Å². The maximum atomic E-state index is 5.66. The minimum absolute atomic E-state index is 0.461. The van der Waals surface area contributed by atoms with Crippen molar-refractivity contribution in [2.24, 2.45) is 5.41 Å². The molecule has 0 aromatic heterocycles. The van der Waals surface area contributed by atoms with Crippen LogP contribution in [0.4, 0.5) is 0 Å². The van der Waals surface area contributed by atoms with E-state index >= 15 is 0 Å². The van der Waals surface area contributed by atoms with E-state index in [1.807, 2.05) is 0 Å². The number of ether oxygens (including phenoxy) is 1. The first-order valence-electron chi connectivity index (χ1n) is 7.10. The zero-order chi connectivity index (χ0) is 12.1. The molecule has 17 heavy (non-hydrogen) atoms. The number of thiol groups is 1. The van der Waals surface area contributed by atoms with Crippen molar-refractivity contribution in [3.63, 3.8) is 0 Å². The molecule has 1 saturated heterocycles. The van der Waals surface area contributed by atoms with Gasteiger partial charge in [0.25, 0.3) is 0 Å². The Morgan fingerprint density at radius 2 is 1.94 bits per heavy atom. The average Bonchev–Trinajstić information content (AvgIpc) is 2.63. The van der Waals surface area contributed by atoms with Gasteiger partial charge in [-0.25, -0.2) is 0 Å². The molecule has 2 atom stereocenters. The van der Waals surface area contributed by atoms with Crippen molar-refractivity contribution in [1.82, 2.24) is 0 Å². The highest BCUT2D eigenvalue weighted by molar-refractivity contribution is 8.00. The lowest BCUT2D eigenvalue weighted by atomic mass is 9.84. The van der Waals surface area contributed by atoms with Gasteiger partial charge in [-0.2, -0.15) is 24.4 Å². The molecule has 0 aromatic rings. The quantitative estimate of drug-likeness (QED) is 0.609. The molecule has 0 amide bonds. The Hall–Kier alpha value is 0.660. The SMILES string of the molecule is CC1OCCC1SCC1(CS)CCCCCC1. The van der Waals surface area contributed by atoms with Crippen LogP contribution in [0.3, 0.4) is 0 Å². The monoisotopic (exact) mass is 274 g/mol. The summed E-state index contributed by atoms with van der Waals surface area (Å²) < 4.78 is 5.66. The maximum absolute atomic E-state index is 5.66. The summed E-state index contributed by atoms with van der Waals surface area (Å²) in [5.41, 5.74) is 0.520. The number of thioether (sulfide) groups is 1. The molecule has 0 radical (unpaired) electrons. The Kier molecular flexibility index (Phi) is 5.56. The van der Waals surface area contributed by atoms with Gasteiger partial charge in [0, 0.05) is 17.6 Å². The second-order valence-corrected chi connectivity index (χ2v) is 7.33. The zero-order valence-corrected chi connectivity index (χ0v) is 12.7. The van der Waals surface area contributed by atoms with E-state index in [-0.39, 0.29) is 0 Å². The van der Waals surface area contributed by atoms with Crippen molar-refractivity contribution in [2.75, 3.05) is 18.1 Å². The number of hydrogen-bond acceptors (Lipinski definition) is 3. The van der Waals surface area contributed by atoms with Crippen LogP contribution >= 0.6 is 24.4 Å². The van der Waals surface area contributed by atoms with E-state index < -0.39 is 0 Å². The van der Waals surface area contributed by atoms with E-state index in [2.05, 4.69) is 31.3 Å². The normalized spacial score (nSPS) is 33.5. The molecule has 1 aliphatic heterocycles. The summed E-state index contributed by atoms with van der Waals surface area (Å²) in [6.45, 7) is 3.19. The van der Waals surface area contributed by atoms with Crippen LogP contribution in [0.2, 0.25) is 0 Å². The molecule has 2 aliphatic rings. The van der Waals surface area contributed by atoms with Crippen molar-refractivity contribution in [3.05, 3.63) is 0 Å². The molecule has 0 bridgehead atoms. The van der Waals surface area contributed by atoms with Gasteiger partial charge < -0.3 is 4.74 Å². The standard InChI is InChI=1S/C14H26OS2/c1-12-13(6-9-15-12)17-11-14(10-16)7-4-2-3-5-8-14/h12-13,16H,2-11H2,1H3. The summed E-state index contributed by atoms with van der Waals surface area (Å²) in [6.07, 6.45) is 10.2. The van der Waals surface area contributed by atoms with E-state index in [4.69, 9.17) is 4.74 Å². The third-order valence-corrected chi connectivity index (χ3v) is 6.91. The van der Waals surface area contributed by atoms with Crippen molar-refractivity contribution < 1.29 is 4.74 Å². The number of hydrogen-bond donors (Lipinski definition) is 1. The van der Waals surface area contributed by atoms with Crippen LogP contribution in [0.5, 0.6) is 0 Å². The van der Waals surface area contributed by atoms with Crippen molar-refractivity contribution >= 4 is 24.4 Å². The van der Waals surface area contributed by atoms with Gasteiger partial charge in [-0.15, -0.1) is 0 Å². The molecule has 0 aromatic carbocycles. The average molecular weight is 274 g/mol. The molecular formula is C14H26OS2. The molecule has 2 fully saturated rings. The lowest BCUT2D eigenvalue weighted by Gasteiger charge is -2.32. The Morgan fingerprint density at radius 1 is 1.24 bits per heavy atom. The largest absolute Gasteiger partial charge is 0.377 e.